The molecule has 0 aromatic rings. The predicted octanol–water partition coefficient (Wildman–Crippen LogP) is 4.36. The quantitative estimate of drug-likeness (QED) is 0.482. The molecule has 1 aliphatic rings. The minimum absolute atomic E-state index is 0.899. The van der Waals surface area contributed by atoms with Crippen LogP contribution in [0.15, 0.2) is 0 Å². The molecular formula is C10H20S2. The molecule has 1 rings (SSSR count). The largest absolute Gasteiger partial charge is 0.0938 e. The summed E-state index contributed by atoms with van der Waals surface area (Å²) >= 11 is 0. The first-order chi connectivity index (χ1) is 5.79. The molecule has 1 heterocycles. The second-order valence-electron chi connectivity index (χ2n) is 4.01. The summed E-state index contributed by atoms with van der Waals surface area (Å²) in [6, 6.07) is 0. The van der Waals surface area contributed by atoms with E-state index in [1.54, 1.807) is 0 Å². The van der Waals surface area contributed by atoms with Gasteiger partial charge in [0.2, 0.25) is 0 Å². The highest BCUT2D eigenvalue weighted by Gasteiger charge is 2.15. The van der Waals surface area contributed by atoms with E-state index in [9.17, 15) is 0 Å². The molecule has 0 aromatic heterocycles. The Kier molecular flexibility index (Phi) is 5.57. The summed E-state index contributed by atoms with van der Waals surface area (Å²) in [5, 5.41) is 0.988. The van der Waals surface area contributed by atoms with Crippen molar-refractivity contribution < 1.29 is 0 Å². The van der Waals surface area contributed by atoms with E-state index in [0.29, 0.717) is 0 Å². The normalized spacial score (nSPS) is 23.8. The van der Waals surface area contributed by atoms with Crippen LogP contribution in [-0.4, -0.2) is 11.0 Å². The Morgan fingerprint density at radius 3 is 2.75 bits per heavy atom. The van der Waals surface area contributed by atoms with Gasteiger partial charge in [0.15, 0.2) is 0 Å². The molecule has 1 aliphatic heterocycles. The van der Waals surface area contributed by atoms with Crippen LogP contribution in [0, 0.1) is 5.92 Å². The maximum absolute atomic E-state index is 2.32. The maximum Gasteiger partial charge on any atom is 0.0159 e. The molecule has 12 heavy (non-hydrogen) atoms. The Bertz CT molecular complexity index is 106. The highest BCUT2D eigenvalue weighted by molar-refractivity contribution is 8.77. The van der Waals surface area contributed by atoms with Gasteiger partial charge in [0.05, 0.1) is 0 Å². The smallest absolute Gasteiger partial charge is 0.0159 e. The molecular weight excluding hydrogens is 184 g/mol. The minimum Gasteiger partial charge on any atom is -0.0938 e. The fourth-order valence-corrected chi connectivity index (χ4v) is 4.52. The second-order valence-corrected chi connectivity index (χ2v) is 6.79. The molecule has 0 N–H and O–H groups in total. The van der Waals surface area contributed by atoms with Crippen LogP contribution in [0.25, 0.3) is 0 Å². The molecule has 2 heteroatoms. The van der Waals surface area contributed by atoms with Crippen LogP contribution in [0.5, 0.6) is 0 Å². The van der Waals surface area contributed by atoms with Crippen molar-refractivity contribution in [1.29, 1.82) is 0 Å². The minimum atomic E-state index is 0.899. The van der Waals surface area contributed by atoms with Gasteiger partial charge in [-0.1, -0.05) is 54.7 Å². The van der Waals surface area contributed by atoms with Gasteiger partial charge in [-0.2, -0.15) is 0 Å². The van der Waals surface area contributed by atoms with Gasteiger partial charge in [-0.25, -0.2) is 0 Å². The Labute approximate surface area is 84.7 Å². The van der Waals surface area contributed by atoms with Crippen LogP contribution in [0.3, 0.4) is 0 Å². The summed E-state index contributed by atoms with van der Waals surface area (Å²) in [7, 11) is 4.18. The third-order valence-electron chi connectivity index (χ3n) is 2.28. The number of rotatable bonds is 5. The van der Waals surface area contributed by atoms with Gasteiger partial charge in [0.1, 0.15) is 0 Å². The molecule has 0 aliphatic carbocycles. The molecule has 0 bridgehead atoms. The number of unbranched alkanes of at least 4 members (excludes halogenated alkanes) is 1. The zero-order valence-corrected chi connectivity index (χ0v) is 9.85. The summed E-state index contributed by atoms with van der Waals surface area (Å²) in [4.78, 5) is 0. The van der Waals surface area contributed by atoms with Gasteiger partial charge in [-0.3, -0.25) is 0 Å². The van der Waals surface area contributed by atoms with E-state index in [2.05, 4.69) is 35.4 Å². The average molecular weight is 204 g/mol. The monoisotopic (exact) mass is 204 g/mol. The molecule has 0 amide bonds. The van der Waals surface area contributed by atoms with E-state index >= 15 is 0 Å². The molecule has 1 fully saturated rings. The maximum atomic E-state index is 2.32. The lowest BCUT2D eigenvalue weighted by Crippen LogP contribution is -1.97. The van der Waals surface area contributed by atoms with Crippen molar-refractivity contribution in [3.63, 3.8) is 0 Å². The Morgan fingerprint density at radius 2 is 2.17 bits per heavy atom. The molecule has 0 nitrogen and oxygen atoms in total. The first-order valence-electron chi connectivity index (χ1n) is 5.07. The van der Waals surface area contributed by atoms with Crippen molar-refractivity contribution in [1.82, 2.24) is 0 Å². The van der Waals surface area contributed by atoms with Gasteiger partial charge in [-0.05, 0) is 18.8 Å². The first kappa shape index (κ1) is 10.8. The van der Waals surface area contributed by atoms with E-state index in [1.807, 2.05) is 0 Å². The van der Waals surface area contributed by atoms with Gasteiger partial charge in [-0.15, -0.1) is 0 Å². The lowest BCUT2D eigenvalue weighted by molar-refractivity contribution is 0.523. The van der Waals surface area contributed by atoms with Gasteiger partial charge in [0.25, 0.3) is 0 Å². The van der Waals surface area contributed by atoms with Gasteiger partial charge >= 0.3 is 0 Å². The van der Waals surface area contributed by atoms with Crippen molar-refractivity contribution in [2.24, 2.45) is 5.92 Å². The van der Waals surface area contributed by atoms with Gasteiger partial charge < -0.3 is 0 Å². The van der Waals surface area contributed by atoms with E-state index in [1.165, 1.54) is 37.9 Å². The van der Waals surface area contributed by atoms with Crippen LogP contribution in [0.4, 0.5) is 0 Å². The fourth-order valence-electron chi connectivity index (χ4n) is 1.49. The Balaban J connectivity index is 1.88. The summed E-state index contributed by atoms with van der Waals surface area (Å²) in [6.45, 7) is 4.64. The summed E-state index contributed by atoms with van der Waals surface area (Å²) in [6.07, 6.45) is 7.24. The molecule has 0 radical (unpaired) electrons. The first-order valence-corrected chi connectivity index (χ1v) is 7.45. The molecule has 1 atom stereocenters. The molecule has 72 valence electrons. The average Bonchev–Trinajstić information content (AvgIpc) is 2.49. The van der Waals surface area contributed by atoms with E-state index in [4.69, 9.17) is 0 Å². The molecule has 0 aromatic carbocycles. The van der Waals surface area contributed by atoms with Crippen LogP contribution in [0.2, 0.25) is 0 Å². The van der Waals surface area contributed by atoms with Crippen molar-refractivity contribution in [3.8, 4) is 0 Å². The van der Waals surface area contributed by atoms with Gasteiger partial charge in [0, 0.05) is 11.0 Å². The summed E-state index contributed by atoms with van der Waals surface area (Å²) in [5.41, 5.74) is 0. The molecule has 0 saturated carbocycles. The van der Waals surface area contributed by atoms with Crippen molar-refractivity contribution in [3.05, 3.63) is 0 Å². The molecule has 1 unspecified atom stereocenters. The SMILES string of the molecule is CC(C)CCCCC1CCSS1. The summed E-state index contributed by atoms with van der Waals surface area (Å²) < 4.78 is 0. The topological polar surface area (TPSA) is 0 Å². The third-order valence-corrected chi connectivity index (χ3v) is 5.29. The van der Waals surface area contributed by atoms with Crippen molar-refractivity contribution in [2.75, 3.05) is 5.75 Å². The van der Waals surface area contributed by atoms with Crippen LogP contribution >= 0.6 is 21.6 Å². The van der Waals surface area contributed by atoms with E-state index < -0.39 is 0 Å². The number of hydrogen-bond acceptors (Lipinski definition) is 2. The standard InChI is InChI=1S/C10H20S2/c1-9(2)5-3-4-6-10-7-8-11-12-10/h9-10H,3-8H2,1-2H3. The lowest BCUT2D eigenvalue weighted by atomic mass is 10.0. The van der Waals surface area contributed by atoms with E-state index in [0.717, 1.165) is 11.2 Å². The molecule has 1 saturated heterocycles. The zero-order valence-electron chi connectivity index (χ0n) is 8.21. The van der Waals surface area contributed by atoms with E-state index in [-0.39, 0.29) is 0 Å². The van der Waals surface area contributed by atoms with Crippen molar-refractivity contribution in [2.45, 2.75) is 51.2 Å². The second kappa shape index (κ2) is 6.20. The number of hydrogen-bond donors (Lipinski definition) is 0. The van der Waals surface area contributed by atoms with Crippen LogP contribution in [-0.2, 0) is 0 Å². The highest BCUT2D eigenvalue weighted by Crippen LogP contribution is 2.39. The zero-order chi connectivity index (χ0) is 8.81. The Morgan fingerprint density at radius 1 is 1.33 bits per heavy atom. The Hall–Kier alpha value is 0.700. The van der Waals surface area contributed by atoms with Crippen molar-refractivity contribution >= 4 is 21.6 Å². The summed E-state index contributed by atoms with van der Waals surface area (Å²) in [5.74, 6) is 2.29. The third kappa shape index (κ3) is 4.66. The lowest BCUT2D eigenvalue weighted by Gasteiger charge is -2.07. The predicted molar refractivity (Wildman–Crippen MR) is 61.8 cm³/mol. The molecule has 0 spiro atoms. The van der Waals surface area contributed by atoms with Crippen LogP contribution in [0.1, 0.15) is 46.0 Å². The fraction of sp³-hybridized carbons (Fsp3) is 1.00. The highest BCUT2D eigenvalue weighted by atomic mass is 33.1. The van der Waals surface area contributed by atoms with Crippen LogP contribution < -0.4 is 0 Å².